The van der Waals surface area contributed by atoms with Gasteiger partial charge < -0.3 is 14.6 Å². The fraction of sp³-hybridized carbons (Fsp3) is 0.963. The van der Waals surface area contributed by atoms with Crippen molar-refractivity contribution in [3.8, 4) is 0 Å². The molecule has 0 aromatic carbocycles. The summed E-state index contributed by atoms with van der Waals surface area (Å²) in [5, 5.41) is 10.3. The SMILES string of the molecule is C[C@@H]1CC[C@@]2(OC1)O[C@H]1C(=O)[C@@H]3[C@@H]4CC[C@H]5C[C@@H](O)CC[C@]5(C)[C@H]4CC[C@]3(C)[C@H]1[C@@H]2C. The summed E-state index contributed by atoms with van der Waals surface area (Å²) < 4.78 is 13.0. The summed E-state index contributed by atoms with van der Waals surface area (Å²) in [5.41, 5.74) is 0.355. The van der Waals surface area contributed by atoms with E-state index in [-0.39, 0.29) is 29.5 Å². The first-order valence-corrected chi connectivity index (χ1v) is 13.2. The van der Waals surface area contributed by atoms with Gasteiger partial charge in [0.15, 0.2) is 11.6 Å². The van der Waals surface area contributed by atoms with E-state index in [9.17, 15) is 9.90 Å². The summed E-state index contributed by atoms with van der Waals surface area (Å²) in [6.45, 7) is 10.2. The van der Waals surface area contributed by atoms with Crippen LogP contribution in [0.2, 0.25) is 0 Å². The molecule has 4 nitrogen and oxygen atoms in total. The maximum Gasteiger partial charge on any atom is 0.172 e. The first kappa shape index (κ1) is 21.1. The number of rotatable bonds is 0. The van der Waals surface area contributed by atoms with E-state index in [4.69, 9.17) is 9.47 Å². The van der Waals surface area contributed by atoms with Crippen LogP contribution >= 0.6 is 0 Å². The van der Waals surface area contributed by atoms with Crippen LogP contribution in [-0.4, -0.2) is 35.5 Å². The highest BCUT2D eigenvalue weighted by Crippen LogP contribution is 2.70. The van der Waals surface area contributed by atoms with Gasteiger partial charge in [-0.1, -0.05) is 27.7 Å². The quantitative estimate of drug-likeness (QED) is 0.589. The van der Waals surface area contributed by atoms with Crippen molar-refractivity contribution in [3.05, 3.63) is 0 Å². The Bertz CT molecular complexity index is 756. The Labute approximate surface area is 187 Å². The third-order valence-electron chi connectivity index (χ3n) is 11.7. The molecule has 6 aliphatic rings. The monoisotopic (exact) mass is 430 g/mol. The Balaban J connectivity index is 1.30. The van der Waals surface area contributed by atoms with Crippen LogP contribution in [-0.2, 0) is 14.3 Å². The van der Waals surface area contributed by atoms with Crippen LogP contribution in [0.1, 0.15) is 85.5 Å². The summed E-state index contributed by atoms with van der Waals surface area (Å²) in [5.74, 6) is 3.00. The van der Waals surface area contributed by atoms with Crippen molar-refractivity contribution >= 4 is 5.78 Å². The van der Waals surface area contributed by atoms with Gasteiger partial charge in [-0.3, -0.25) is 4.79 Å². The molecule has 31 heavy (non-hydrogen) atoms. The second-order valence-electron chi connectivity index (χ2n) is 13.0. The fourth-order valence-corrected chi connectivity index (χ4v) is 9.98. The number of fused-ring (bicyclic) bond motifs is 7. The van der Waals surface area contributed by atoms with Gasteiger partial charge >= 0.3 is 0 Å². The molecule has 0 aromatic rings. The van der Waals surface area contributed by atoms with Crippen molar-refractivity contribution in [1.82, 2.24) is 0 Å². The van der Waals surface area contributed by atoms with Gasteiger partial charge in [0.2, 0.25) is 0 Å². The van der Waals surface area contributed by atoms with Crippen LogP contribution < -0.4 is 0 Å². The topological polar surface area (TPSA) is 55.8 Å². The lowest BCUT2D eigenvalue weighted by Gasteiger charge is -2.60. The number of hydrogen-bond acceptors (Lipinski definition) is 4. The highest BCUT2D eigenvalue weighted by atomic mass is 16.7. The minimum atomic E-state index is -0.522. The van der Waals surface area contributed by atoms with Gasteiger partial charge in [-0.2, -0.15) is 0 Å². The molecule has 4 heteroatoms. The van der Waals surface area contributed by atoms with Crippen molar-refractivity contribution in [2.75, 3.05) is 6.61 Å². The van der Waals surface area contributed by atoms with E-state index in [1.807, 2.05) is 0 Å². The molecule has 1 N–H and O–H groups in total. The van der Waals surface area contributed by atoms with E-state index in [1.165, 1.54) is 12.8 Å². The molecule has 0 bridgehead atoms. The van der Waals surface area contributed by atoms with E-state index in [0.717, 1.165) is 51.6 Å². The Hall–Kier alpha value is -0.450. The van der Waals surface area contributed by atoms with Gasteiger partial charge in [0, 0.05) is 24.2 Å². The molecule has 1 spiro atoms. The number of hydrogen-bond donors (Lipinski definition) is 1. The molecular formula is C27H42O4. The standard InChI is InChI=1S/C27H42O4/c1-15-7-12-27(30-14-15)16(2)21-24(31-27)23(29)22-19-6-5-17-13-18(28)8-10-25(17,3)20(19)9-11-26(21,22)4/h15-22,24,28H,5-14H2,1-4H3/t15-,16+,17+,18+,19-,20+,21+,22+,24-,25+,26-,27-/m1/s1. The van der Waals surface area contributed by atoms with Gasteiger partial charge in [-0.05, 0) is 85.9 Å². The van der Waals surface area contributed by atoms with E-state index in [0.29, 0.717) is 40.8 Å². The van der Waals surface area contributed by atoms with Crippen LogP contribution in [0.5, 0.6) is 0 Å². The third kappa shape index (κ3) is 2.68. The van der Waals surface area contributed by atoms with E-state index < -0.39 is 5.79 Å². The van der Waals surface area contributed by atoms with Crippen LogP contribution in [0.15, 0.2) is 0 Å². The van der Waals surface area contributed by atoms with Gasteiger partial charge in [-0.25, -0.2) is 0 Å². The van der Waals surface area contributed by atoms with Crippen molar-refractivity contribution in [3.63, 3.8) is 0 Å². The molecule has 4 aliphatic carbocycles. The van der Waals surface area contributed by atoms with Crippen molar-refractivity contribution in [2.24, 2.45) is 52.3 Å². The predicted molar refractivity (Wildman–Crippen MR) is 118 cm³/mol. The number of aliphatic hydroxyl groups excluding tert-OH is 1. The number of carbonyl (C=O) groups excluding carboxylic acids is 1. The number of carbonyl (C=O) groups is 1. The lowest BCUT2D eigenvalue weighted by molar-refractivity contribution is -0.269. The summed E-state index contributed by atoms with van der Waals surface area (Å²) in [4.78, 5) is 14.0. The average molecular weight is 431 g/mol. The molecule has 12 atom stereocenters. The summed E-state index contributed by atoms with van der Waals surface area (Å²) in [7, 11) is 0. The Morgan fingerprint density at radius 1 is 0.968 bits per heavy atom. The highest BCUT2D eigenvalue weighted by Gasteiger charge is 2.72. The highest BCUT2D eigenvalue weighted by molar-refractivity contribution is 5.90. The smallest absolute Gasteiger partial charge is 0.172 e. The zero-order valence-corrected chi connectivity index (χ0v) is 19.9. The van der Waals surface area contributed by atoms with Crippen LogP contribution in [0.3, 0.4) is 0 Å². The van der Waals surface area contributed by atoms with Gasteiger partial charge in [0.25, 0.3) is 0 Å². The largest absolute Gasteiger partial charge is 0.393 e. The molecule has 0 amide bonds. The van der Waals surface area contributed by atoms with Crippen molar-refractivity contribution in [2.45, 2.75) is 103 Å². The van der Waals surface area contributed by atoms with E-state index >= 15 is 0 Å². The molecule has 0 radical (unpaired) electrons. The number of ketones is 1. The molecule has 174 valence electrons. The fourth-order valence-electron chi connectivity index (χ4n) is 9.98. The molecule has 2 aliphatic heterocycles. The van der Waals surface area contributed by atoms with Gasteiger partial charge in [-0.15, -0.1) is 0 Å². The molecular weight excluding hydrogens is 388 g/mol. The maximum atomic E-state index is 14.0. The van der Waals surface area contributed by atoms with Gasteiger partial charge in [0.1, 0.15) is 6.10 Å². The Kier molecular flexibility index (Phi) is 4.62. The summed E-state index contributed by atoms with van der Waals surface area (Å²) in [6, 6.07) is 0. The first-order chi connectivity index (χ1) is 14.7. The molecule has 2 saturated heterocycles. The number of aliphatic hydroxyl groups is 1. The molecule has 0 aromatic heterocycles. The minimum Gasteiger partial charge on any atom is -0.393 e. The number of Topliss-reactive ketones (excluding diaryl/α,β-unsaturated/α-hetero) is 1. The van der Waals surface area contributed by atoms with Crippen LogP contribution in [0, 0.1) is 52.3 Å². The van der Waals surface area contributed by atoms with Crippen molar-refractivity contribution < 1.29 is 19.4 Å². The van der Waals surface area contributed by atoms with E-state index in [2.05, 4.69) is 27.7 Å². The minimum absolute atomic E-state index is 0.0512. The maximum absolute atomic E-state index is 14.0. The molecule has 6 rings (SSSR count). The second kappa shape index (κ2) is 6.79. The predicted octanol–water partition coefficient (Wildman–Crippen LogP) is 4.97. The van der Waals surface area contributed by atoms with Crippen molar-refractivity contribution in [1.29, 1.82) is 0 Å². The third-order valence-corrected chi connectivity index (χ3v) is 11.7. The van der Waals surface area contributed by atoms with Crippen LogP contribution in [0.4, 0.5) is 0 Å². The lowest BCUT2D eigenvalue weighted by Crippen LogP contribution is -2.56. The summed E-state index contributed by atoms with van der Waals surface area (Å²) in [6.07, 6.45) is 9.49. The molecule has 2 heterocycles. The zero-order valence-electron chi connectivity index (χ0n) is 19.9. The summed E-state index contributed by atoms with van der Waals surface area (Å²) >= 11 is 0. The van der Waals surface area contributed by atoms with E-state index in [1.54, 1.807) is 0 Å². The molecule has 4 saturated carbocycles. The second-order valence-corrected chi connectivity index (χ2v) is 13.0. The Morgan fingerprint density at radius 3 is 2.48 bits per heavy atom. The lowest BCUT2D eigenvalue weighted by atomic mass is 9.44. The normalized spacial score (nSPS) is 60.9. The first-order valence-electron chi connectivity index (χ1n) is 13.2. The zero-order chi connectivity index (χ0) is 21.8. The Morgan fingerprint density at radius 2 is 1.74 bits per heavy atom. The van der Waals surface area contributed by atoms with Gasteiger partial charge in [0.05, 0.1) is 12.7 Å². The molecule has 0 unspecified atom stereocenters. The average Bonchev–Trinajstić information content (AvgIpc) is 3.14. The molecule has 6 fully saturated rings. The van der Waals surface area contributed by atoms with Crippen LogP contribution in [0.25, 0.3) is 0 Å². The number of ether oxygens (including phenoxy) is 2.